The third-order valence-electron chi connectivity index (χ3n) is 4.98. The lowest BCUT2D eigenvalue weighted by molar-refractivity contribution is 0.462. The summed E-state index contributed by atoms with van der Waals surface area (Å²) in [5.41, 5.74) is 2.63. The summed E-state index contributed by atoms with van der Waals surface area (Å²) in [7, 11) is -7.49. The quantitative estimate of drug-likeness (QED) is 0.343. The highest BCUT2D eigenvalue weighted by Crippen LogP contribution is 2.18. The Morgan fingerprint density at radius 2 is 1.24 bits per heavy atom. The Bertz CT molecular complexity index is 1280. The molecule has 6 nitrogen and oxygen atoms in total. The maximum atomic E-state index is 13.1. The average molecular weight is 501 g/mol. The van der Waals surface area contributed by atoms with Gasteiger partial charge in [0.1, 0.15) is 0 Å². The summed E-state index contributed by atoms with van der Waals surface area (Å²) in [4.78, 5) is 0.393. The summed E-state index contributed by atoms with van der Waals surface area (Å²) in [6.07, 6.45) is 3.31. The van der Waals surface area contributed by atoms with Crippen molar-refractivity contribution in [2.75, 3.05) is 26.2 Å². The van der Waals surface area contributed by atoms with E-state index in [1.54, 1.807) is 74.5 Å². The van der Waals surface area contributed by atoms with Crippen molar-refractivity contribution >= 4 is 20.0 Å². The van der Waals surface area contributed by atoms with E-state index in [0.29, 0.717) is 5.57 Å². The Morgan fingerprint density at radius 3 is 1.65 bits per heavy atom. The van der Waals surface area contributed by atoms with Gasteiger partial charge in [0.05, 0.1) is 16.3 Å². The molecule has 0 bridgehead atoms. The van der Waals surface area contributed by atoms with Crippen LogP contribution >= 0.6 is 0 Å². The fraction of sp³-hybridized carbons (Fsp3) is 0.308. The number of hydrogen-bond acceptors (Lipinski definition) is 4. The van der Waals surface area contributed by atoms with Crippen LogP contribution in [0.15, 0.2) is 82.6 Å². The number of rotatable bonds is 11. The minimum absolute atomic E-state index is 0.0359. The van der Waals surface area contributed by atoms with Crippen LogP contribution in [-0.2, 0) is 20.0 Å². The SMILES string of the molecule is C=C(C)CN(C/C=C/CN(CC#CC)S(=O)(=O)c1ccc(C)cc1)S(=O)(=O)c1ccc(C)cc1. The fourth-order valence-electron chi connectivity index (χ4n) is 3.07. The van der Waals surface area contributed by atoms with Crippen LogP contribution in [0, 0.1) is 25.7 Å². The minimum atomic E-state index is -3.75. The molecule has 0 heterocycles. The highest BCUT2D eigenvalue weighted by molar-refractivity contribution is 7.89. The maximum Gasteiger partial charge on any atom is 0.244 e. The van der Waals surface area contributed by atoms with Crippen LogP contribution in [0.2, 0.25) is 0 Å². The molecule has 0 aliphatic carbocycles. The minimum Gasteiger partial charge on any atom is -0.207 e. The smallest absolute Gasteiger partial charge is 0.207 e. The monoisotopic (exact) mass is 500 g/mol. The maximum absolute atomic E-state index is 13.1. The summed E-state index contributed by atoms with van der Waals surface area (Å²) in [5, 5.41) is 0. The Morgan fingerprint density at radius 1 is 0.824 bits per heavy atom. The van der Waals surface area contributed by atoms with Crippen LogP contribution in [0.3, 0.4) is 0 Å². The average Bonchev–Trinajstić information content (AvgIpc) is 2.77. The molecular formula is C26H32N2O4S2. The van der Waals surface area contributed by atoms with Crippen molar-refractivity contribution in [2.45, 2.75) is 37.5 Å². The normalized spacial score (nSPS) is 12.2. The zero-order chi connectivity index (χ0) is 25.4. The van der Waals surface area contributed by atoms with E-state index in [-0.39, 0.29) is 36.0 Å². The Kier molecular flexibility index (Phi) is 9.83. The second kappa shape index (κ2) is 12.1. The zero-order valence-corrected chi connectivity index (χ0v) is 21.8. The van der Waals surface area contributed by atoms with Crippen LogP contribution in [0.25, 0.3) is 0 Å². The standard InChI is InChI=1S/C26H32N2O4S2/c1-6-7-18-27(33(29,30)25-14-10-23(4)11-15-25)19-8-9-20-28(21-22(2)3)34(31,32)26-16-12-24(5)13-17-26/h8-17H,2,18-21H2,1,3-5H3/b9-8+. The number of hydrogen-bond donors (Lipinski definition) is 0. The summed E-state index contributed by atoms with van der Waals surface area (Å²) in [5.74, 6) is 5.53. The van der Waals surface area contributed by atoms with Gasteiger partial charge in [-0.05, 0) is 52.0 Å². The molecule has 0 amide bonds. The molecule has 2 aromatic carbocycles. The molecule has 0 saturated carbocycles. The van der Waals surface area contributed by atoms with Gasteiger partial charge in [0.2, 0.25) is 20.0 Å². The summed E-state index contributed by atoms with van der Waals surface area (Å²) in [6, 6.07) is 13.3. The number of nitrogens with zero attached hydrogens (tertiary/aromatic N) is 2. The molecule has 0 aliphatic rings. The van der Waals surface area contributed by atoms with Crippen molar-refractivity contribution in [3.63, 3.8) is 0 Å². The van der Waals surface area contributed by atoms with Gasteiger partial charge in [-0.3, -0.25) is 0 Å². The second-order valence-corrected chi connectivity index (χ2v) is 12.0. The highest BCUT2D eigenvalue weighted by Gasteiger charge is 2.24. The molecule has 0 N–H and O–H groups in total. The largest absolute Gasteiger partial charge is 0.244 e. The van der Waals surface area contributed by atoms with Gasteiger partial charge in [-0.25, -0.2) is 16.8 Å². The van der Waals surface area contributed by atoms with E-state index in [1.165, 1.54) is 8.61 Å². The molecule has 0 saturated heterocycles. The number of sulfonamides is 2. The van der Waals surface area contributed by atoms with E-state index in [0.717, 1.165) is 11.1 Å². The van der Waals surface area contributed by atoms with E-state index >= 15 is 0 Å². The van der Waals surface area contributed by atoms with E-state index in [2.05, 4.69) is 18.4 Å². The third-order valence-corrected chi connectivity index (χ3v) is 8.63. The summed E-state index contributed by atoms with van der Waals surface area (Å²) in [6.45, 7) is 11.4. The van der Waals surface area contributed by atoms with Crippen molar-refractivity contribution in [3.05, 3.63) is 84.0 Å². The molecule has 0 atom stereocenters. The molecule has 182 valence electrons. The molecule has 2 aromatic rings. The first-order valence-electron chi connectivity index (χ1n) is 10.8. The van der Waals surface area contributed by atoms with Crippen molar-refractivity contribution in [1.29, 1.82) is 0 Å². The molecule has 8 heteroatoms. The lowest BCUT2D eigenvalue weighted by Gasteiger charge is -2.21. The first kappa shape index (κ1) is 27.5. The molecule has 0 aliphatic heterocycles. The van der Waals surface area contributed by atoms with Gasteiger partial charge < -0.3 is 0 Å². The topological polar surface area (TPSA) is 74.8 Å². The van der Waals surface area contributed by atoms with Gasteiger partial charge in [-0.15, -0.1) is 5.92 Å². The van der Waals surface area contributed by atoms with E-state index in [4.69, 9.17) is 0 Å². The van der Waals surface area contributed by atoms with Crippen LogP contribution in [0.4, 0.5) is 0 Å². The second-order valence-electron chi connectivity index (χ2n) is 8.08. The van der Waals surface area contributed by atoms with Crippen LogP contribution < -0.4 is 0 Å². The lowest BCUT2D eigenvalue weighted by atomic mass is 10.2. The molecular weight excluding hydrogens is 468 g/mol. The van der Waals surface area contributed by atoms with Crippen molar-refractivity contribution < 1.29 is 16.8 Å². The fourth-order valence-corrected chi connectivity index (χ4v) is 5.81. The lowest BCUT2D eigenvalue weighted by Crippen LogP contribution is -2.33. The predicted octanol–water partition coefficient (Wildman–Crippen LogP) is 4.14. The summed E-state index contributed by atoms with van der Waals surface area (Å²) < 4.78 is 55.1. The van der Waals surface area contributed by atoms with Crippen LogP contribution in [0.1, 0.15) is 25.0 Å². The predicted molar refractivity (Wildman–Crippen MR) is 137 cm³/mol. The van der Waals surface area contributed by atoms with E-state index < -0.39 is 20.0 Å². The van der Waals surface area contributed by atoms with Crippen molar-refractivity contribution in [2.24, 2.45) is 0 Å². The van der Waals surface area contributed by atoms with Gasteiger partial charge in [0.25, 0.3) is 0 Å². The molecule has 0 radical (unpaired) electrons. The number of benzene rings is 2. The van der Waals surface area contributed by atoms with Gasteiger partial charge in [0, 0.05) is 19.6 Å². The Balaban J connectivity index is 2.23. The first-order valence-corrected chi connectivity index (χ1v) is 13.7. The van der Waals surface area contributed by atoms with Crippen molar-refractivity contribution in [3.8, 4) is 11.8 Å². The molecule has 0 unspecified atom stereocenters. The molecule has 2 rings (SSSR count). The molecule has 0 fully saturated rings. The van der Waals surface area contributed by atoms with Gasteiger partial charge in [0.15, 0.2) is 0 Å². The van der Waals surface area contributed by atoms with Crippen LogP contribution in [0.5, 0.6) is 0 Å². The molecule has 34 heavy (non-hydrogen) atoms. The Labute approximate surface area is 204 Å². The Hall–Kier alpha value is -2.70. The van der Waals surface area contributed by atoms with Gasteiger partial charge >= 0.3 is 0 Å². The van der Waals surface area contributed by atoms with Gasteiger partial charge in [-0.1, -0.05) is 65.6 Å². The summed E-state index contributed by atoms with van der Waals surface area (Å²) >= 11 is 0. The van der Waals surface area contributed by atoms with E-state index in [1.807, 2.05) is 13.8 Å². The third kappa shape index (κ3) is 7.40. The van der Waals surface area contributed by atoms with Crippen molar-refractivity contribution in [1.82, 2.24) is 8.61 Å². The van der Waals surface area contributed by atoms with Gasteiger partial charge in [-0.2, -0.15) is 8.61 Å². The van der Waals surface area contributed by atoms with E-state index in [9.17, 15) is 16.8 Å². The van der Waals surface area contributed by atoms with Crippen LogP contribution in [-0.4, -0.2) is 51.6 Å². The highest BCUT2D eigenvalue weighted by atomic mass is 32.2. The number of aryl methyl sites for hydroxylation is 2. The first-order chi connectivity index (χ1) is 16.0. The molecule has 0 aromatic heterocycles. The zero-order valence-electron chi connectivity index (χ0n) is 20.2. The molecule has 0 spiro atoms.